The topological polar surface area (TPSA) is 43.3 Å². The lowest BCUT2D eigenvalue weighted by Gasteiger charge is -2.49. The van der Waals surface area contributed by atoms with Crippen LogP contribution in [0.5, 0.6) is 0 Å². The number of fused-ring (bicyclic) bond motifs is 2. The van der Waals surface area contributed by atoms with Gasteiger partial charge in [-0.2, -0.15) is 0 Å². The average Bonchev–Trinajstić information content (AvgIpc) is 2.19. The molecule has 0 radical (unpaired) electrons. The van der Waals surface area contributed by atoms with E-state index in [0.29, 0.717) is 0 Å². The Labute approximate surface area is 66.8 Å². The van der Waals surface area contributed by atoms with Gasteiger partial charge in [-0.05, 0) is 0 Å². The van der Waals surface area contributed by atoms with E-state index in [1.807, 2.05) is 0 Å². The Morgan fingerprint density at radius 3 is 2.18 bits per heavy atom. The van der Waals surface area contributed by atoms with E-state index in [0.717, 1.165) is 25.7 Å². The molecule has 64 valence electrons. The zero-order valence-electron chi connectivity index (χ0n) is 6.86. The molecule has 1 N–H and O–H groups in total. The normalized spacial score (nSPS) is 56.5. The Hall–Kier alpha value is -0.120. The van der Waals surface area contributed by atoms with Gasteiger partial charge in [0.25, 0.3) is 0 Å². The molecule has 0 amide bonds. The molecule has 11 heavy (non-hydrogen) atoms. The van der Waals surface area contributed by atoms with Gasteiger partial charge in [0, 0.05) is 25.7 Å². The summed E-state index contributed by atoms with van der Waals surface area (Å²) in [7, 11) is 1.76. The van der Waals surface area contributed by atoms with Crippen LogP contribution in [0.4, 0.5) is 0 Å². The van der Waals surface area contributed by atoms with Crippen LogP contribution < -0.4 is 0 Å². The van der Waals surface area contributed by atoms with Crippen molar-refractivity contribution in [2.45, 2.75) is 43.9 Å². The number of hydrogen-bond donors (Lipinski definition) is 1. The SMILES string of the molecule is C[N+]1([O-])[C@@H]2CC[C@@H]1CC(O)C2. The maximum absolute atomic E-state index is 11.8. The first-order valence-corrected chi connectivity index (χ1v) is 4.35. The quantitative estimate of drug-likeness (QED) is 0.413. The molecule has 0 spiro atoms. The van der Waals surface area contributed by atoms with Gasteiger partial charge < -0.3 is 15.0 Å². The van der Waals surface area contributed by atoms with Crippen molar-refractivity contribution in [3.05, 3.63) is 5.21 Å². The minimum absolute atomic E-state index is 0.0862. The van der Waals surface area contributed by atoms with Crippen molar-refractivity contribution in [1.82, 2.24) is 0 Å². The fourth-order valence-corrected chi connectivity index (χ4v) is 2.57. The molecule has 3 nitrogen and oxygen atoms in total. The van der Waals surface area contributed by atoms with Crippen LogP contribution in [-0.4, -0.2) is 35.0 Å². The fourth-order valence-electron chi connectivity index (χ4n) is 2.57. The minimum atomic E-state index is -0.201. The molecule has 0 aliphatic carbocycles. The second kappa shape index (κ2) is 2.19. The Kier molecular flexibility index (Phi) is 1.50. The van der Waals surface area contributed by atoms with Gasteiger partial charge in [-0.3, -0.25) is 0 Å². The van der Waals surface area contributed by atoms with Crippen molar-refractivity contribution < 1.29 is 9.75 Å². The molecule has 2 atom stereocenters. The number of hydroxylamine groups is 3. The monoisotopic (exact) mass is 157 g/mol. The molecule has 2 heterocycles. The predicted molar refractivity (Wildman–Crippen MR) is 41.6 cm³/mol. The summed E-state index contributed by atoms with van der Waals surface area (Å²) in [5, 5.41) is 21.2. The number of quaternary nitrogens is 1. The highest BCUT2D eigenvalue weighted by Crippen LogP contribution is 2.39. The van der Waals surface area contributed by atoms with Gasteiger partial charge in [-0.25, -0.2) is 0 Å². The summed E-state index contributed by atoms with van der Waals surface area (Å²) in [6.45, 7) is 0. The van der Waals surface area contributed by atoms with Crippen LogP contribution in [-0.2, 0) is 0 Å². The van der Waals surface area contributed by atoms with Crippen molar-refractivity contribution in [2.24, 2.45) is 0 Å². The largest absolute Gasteiger partial charge is 0.633 e. The van der Waals surface area contributed by atoms with E-state index in [1.165, 1.54) is 0 Å². The first-order valence-electron chi connectivity index (χ1n) is 4.35. The van der Waals surface area contributed by atoms with Gasteiger partial charge in [0.1, 0.15) is 0 Å². The molecular weight excluding hydrogens is 142 g/mol. The third kappa shape index (κ3) is 0.991. The predicted octanol–water partition coefficient (Wildman–Crippen LogP) is 0.616. The van der Waals surface area contributed by atoms with E-state index in [9.17, 15) is 10.3 Å². The van der Waals surface area contributed by atoms with E-state index >= 15 is 0 Å². The van der Waals surface area contributed by atoms with Crippen molar-refractivity contribution in [3.63, 3.8) is 0 Å². The molecular formula is C8H15NO2. The van der Waals surface area contributed by atoms with Gasteiger partial charge in [-0.15, -0.1) is 0 Å². The number of nitrogens with zero attached hydrogens (tertiary/aromatic N) is 1. The van der Waals surface area contributed by atoms with Crippen molar-refractivity contribution in [1.29, 1.82) is 0 Å². The summed E-state index contributed by atoms with van der Waals surface area (Å²) < 4.78 is -0.0862. The molecule has 2 aliphatic heterocycles. The summed E-state index contributed by atoms with van der Waals surface area (Å²) >= 11 is 0. The highest BCUT2D eigenvalue weighted by molar-refractivity contribution is 4.85. The minimum Gasteiger partial charge on any atom is -0.633 e. The van der Waals surface area contributed by atoms with Crippen LogP contribution >= 0.6 is 0 Å². The van der Waals surface area contributed by atoms with Crippen molar-refractivity contribution in [2.75, 3.05) is 7.05 Å². The highest BCUT2D eigenvalue weighted by Gasteiger charge is 2.45. The molecule has 0 unspecified atom stereocenters. The smallest absolute Gasteiger partial charge is 0.0914 e. The molecule has 0 aromatic carbocycles. The fraction of sp³-hybridized carbons (Fsp3) is 1.00. The van der Waals surface area contributed by atoms with Crippen LogP contribution in [0.1, 0.15) is 25.7 Å². The molecule has 2 rings (SSSR count). The summed E-state index contributed by atoms with van der Waals surface area (Å²) in [6.07, 6.45) is 3.27. The first kappa shape index (κ1) is 7.53. The number of rotatable bonds is 0. The third-order valence-electron chi connectivity index (χ3n) is 3.37. The van der Waals surface area contributed by atoms with Crippen molar-refractivity contribution in [3.8, 4) is 0 Å². The molecule has 2 bridgehead atoms. The first-order chi connectivity index (χ1) is 5.10. The van der Waals surface area contributed by atoms with Gasteiger partial charge in [0.05, 0.1) is 25.2 Å². The maximum Gasteiger partial charge on any atom is 0.0914 e. The van der Waals surface area contributed by atoms with E-state index in [2.05, 4.69) is 0 Å². The standard InChI is InChI=1S/C8H15NO2/c1-9(11)6-2-3-7(9)5-8(10)4-6/h6-8,10H,2-5H2,1H3/t6-,7-,8?,9?/m1/s1. The van der Waals surface area contributed by atoms with Crippen LogP contribution in [0.2, 0.25) is 0 Å². The summed E-state index contributed by atoms with van der Waals surface area (Å²) in [5.41, 5.74) is 0. The lowest BCUT2D eigenvalue weighted by atomic mass is 10.0. The van der Waals surface area contributed by atoms with Gasteiger partial charge >= 0.3 is 0 Å². The van der Waals surface area contributed by atoms with E-state index in [1.54, 1.807) is 7.05 Å². The van der Waals surface area contributed by atoms with E-state index < -0.39 is 0 Å². The Bertz CT molecular complexity index is 153. The zero-order valence-corrected chi connectivity index (χ0v) is 6.86. The molecule has 0 aromatic rings. The van der Waals surface area contributed by atoms with Gasteiger partial charge in [0.15, 0.2) is 0 Å². The Balaban J connectivity index is 2.19. The molecule has 2 fully saturated rings. The summed E-state index contributed by atoms with van der Waals surface area (Å²) in [4.78, 5) is 0. The van der Waals surface area contributed by atoms with Crippen LogP contribution in [0.15, 0.2) is 0 Å². The average molecular weight is 157 g/mol. The second-order valence-corrected chi connectivity index (χ2v) is 4.07. The third-order valence-corrected chi connectivity index (χ3v) is 3.37. The van der Waals surface area contributed by atoms with E-state index in [-0.39, 0.29) is 22.8 Å². The lowest BCUT2D eigenvalue weighted by molar-refractivity contribution is -0.903. The number of hydrogen-bond acceptors (Lipinski definition) is 2. The molecule has 2 aliphatic rings. The summed E-state index contributed by atoms with van der Waals surface area (Å²) in [6, 6.07) is 0.368. The Morgan fingerprint density at radius 1 is 1.27 bits per heavy atom. The van der Waals surface area contributed by atoms with Gasteiger partial charge in [-0.1, -0.05) is 0 Å². The second-order valence-electron chi connectivity index (χ2n) is 4.07. The van der Waals surface area contributed by atoms with E-state index in [4.69, 9.17) is 0 Å². The number of aliphatic hydroxyl groups excluding tert-OH is 1. The Morgan fingerprint density at radius 2 is 1.73 bits per heavy atom. The van der Waals surface area contributed by atoms with Crippen LogP contribution in [0, 0.1) is 5.21 Å². The lowest BCUT2D eigenvalue weighted by Crippen LogP contribution is -2.54. The zero-order chi connectivity index (χ0) is 8.06. The van der Waals surface area contributed by atoms with Crippen molar-refractivity contribution >= 4 is 0 Å². The molecule has 3 heteroatoms. The molecule has 2 saturated heterocycles. The highest BCUT2D eigenvalue weighted by atomic mass is 16.5. The maximum atomic E-state index is 11.8. The number of aliphatic hydroxyl groups is 1. The van der Waals surface area contributed by atoms with Gasteiger partial charge in [0.2, 0.25) is 0 Å². The molecule has 0 saturated carbocycles. The molecule has 0 aromatic heterocycles. The number of piperidine rings is 1. The van der Waals surface area contributed by atoms with Crippen LogP contribution in [0.3, 0.4) is 0 Å². The van der Waals surface area contributed by atoms with Crippen LogP contribution in [0.25, 0.3) is 0 Å². The summed E-state index contributed by atoms with van der Waals surface area (Å²) in [5.74, 6) is 0.